The summed E-state index contributed by atoms with van der Waals surface area (Å²) in [4.78, 5) is 12.6. The van der Waals surface area contributed by atoms with Crippen LogP contribution in [0.3, 0.4) is 0 Å². The molecule has 8 heteroatoms. The lowest BCUT2D eigenvalue weighted by atomic mass is 10.1. The van der Waals surface area contributed by atoms with Gasteiger partial charge in [0.25, 0.3) is 0 Å². The number of rotatable bonds is 5. The van der Waals surface area contributed by atoms with Crippen molar-refractivity contribution in [1.82, 2.24) is 24.9 Å². The number of nitrogens with one attached hydrogen (secondary N) is 2. The highest BCUT2D eigenvalue weighted by atomic mass is 35.5. The van der Waals surface area contributed by atoms with Crippen LogP contribution in [0.15, 0.2) is 36.8 Å². The van der Waals surface area contributed by atoms with Crippen molar-refractivity contribution in [2.45, 2.75) is 25.9 Å². The molecule has 7 nitrogen and oxygen atoms in total. The number of carbonyl (C=O) groups is 1. The Labute approximate surface area is 152 Å². The van der Waals surface area contributed by atoms with E-state index in [1.807, 2.05) is 42.3 Å². The number of amides is 1. The third kappa shape index (κ3) is 4.00. The lowest BCUT2D eigenvalue weighted by molar-refractivity contribution is -0.118. The molecule has 0 aliphatic heterocycles. The summed E-state index contributed by atoms with van der Waals surface area (Å²) in [5.74, 6) is -0.124. The highest BCUT2D eigenvalue weighted by Crippen LogP contribution is 2.21. The minimum Gasteiger partial charge on any atom is -0.324 e. The van der Waals surface area contributed by atoms with E-state index in [2.05, 4.69) is 34.7 Å². The predicted octanol–water partition coefficient (Wildman–Crippen LogP) is 2.67. The smallest absolute Gasteiger partial charge is 0.246 e. The summed E-state index contributed by atoms with van der Waals surface area (Å²) >= 11 is 0. The summed E-state index contributed by atoms with van der Waals surface area (Å²) in [5.41, 5.74) is 2.49. The van der Waals surface area contributed by atoms with E-state index < -0.39 is 6.04 Å². The molecule has 25 heavy (non-hydrogen) atoms. The summed E-state index contributed by atoms with van der Waals surface area (Å²) in [6.07, 6.45) is 5.51. The molecule has 0 saturated heterocycles. The molecule has 1 amide bonds. The molecule has 2 aromatic heterocycles. The van der Waals surface area contributed by atoms with E-state index in [9.17, 15) is 4.79 Å². The monoisotopic (exact) mass is 362 g/mol. The highest BCUT2D eigenvalue weighted by Gasteiger charge is 2.20. The zero-order valence-corrected chi connectivity index (χ0v) is 15.5. The Hall–Kier alpha value is -2.38. The second kappa shape index (κ2) is 7.67. The number of fused-ring (bicyclic) bond motifs is 1. The molecule has 134 valence electrons. The fourth-order valence-electron chi connectivity index (χ4n) is 2.64. The van der Waals surface area contributed by atoms with E-state index in [0.29, 0.717) is 6.04 Å². The highest BCUT2D eigenvalue weighted by molar-refractivity contribution is 5.97. The summed E-state index contributed by atoms with van der Waals surface area (Å²) in [7, 11) is 3.58. The molecule has 1 unspecified atom stereocenters. The quantitative estimate of drug-likeness (QED) is 0.731. The molecule has 0 aliphatic carbocycles. The van der Waals surface area contributed by atoms with Gasteiger partial charge in [0.05, 0.1) is 11.7 Å². The van der Waals surface area contributed by atoms with Crippen molar-refractivity contribution in [1.29, 1.82) is 0 Å². The average molecular weight is 363 g/mol. The van der Waals surface area contributed by atoms with E-state index in [-0.39, 0.29) is 18.3 Å². The van der Waals surface area contributed by atoms with Gasteiger partial charge in [-0.2, -0.15) is 10.2 Å². The van der Waals surface area contributed by atoms with Crippen molar-refractivity contribution in [3.8, 4) is 0 Å². The number of aryl methyl sites for hydroxylation is 1. The van der Waals surface area contributed by atoms with Gasteiger partial charge >= 0.3 is 0 Å². The molecule has 0 aliphatic rings. The summed E-state index contributed by atoms with van der Waals surface area (Å²) in [6.45, 7) is 4.17. The van der Waals surface area contributed by atoms with Crippen molar-refractivity contribution < 1.29 is 4.79 Å². The van der Waals surface area contributed by atoms with Crippen molar-refractivity contribution in [2.24, 2.45) is 7.05 Å². The molecule has 1 atom stereocenters. The van der Waals surface area contributed by atoms with Crippen molar-refractivity contribution >= 4 is 34.9 Å². The minimum absolute atomic E-state index is 0. The Kier molecular flexibility index (Phi) is 5.81. The molecular formula is C17H23ClN6O. The number of nitrogens with zero attached hydrogens (tertiary/aromatic N) is 4. The van der Waals surface area contributed by atoms with Gasteiger partial charge in [0, 0.05) is 42.1 Å². The van der Waals surface area contributed by atoms with Gasteiger partial charge in [-0.05, 0) is 39.1 Å². The topological polar surface area (TPSA) is 76.8 Å². The number of hydrogen-bond donors (Lipinski definition) is 2. The first-order valence-corrected chi connectivity index (χ1v) is 7.93. The van der Waals surface area contributed by atoms with E-state index in [1.165, 1.54) is 0 Å². The summed E-state index contributed by atoms with van der Waals surface area (Å²) in [6, 6.07) is 5.58. The van der Waals surface area contributed by atoms with Crippen LogP contribution in [0.2, 0.25) is 0 Å². The van der Waals surface area contributed by atoms with Gasteiger partial charge in [0.15, 0.2) is 0 Å². The first-order chi connectivity index (χ1) is 11.5. The zero-order chi connectivity index (χ0) is 17.3. The molecular weight excluding hydrogens is 340 g/mol. The SMILES string of the molecule is CNC(C(=O)Nc1ccc2nn(C(C)C)cc2c1)c1cnn(C)c1.Cl. The fourth-order valence-corrected chi connectivity index (χ4v) is 2.64. The normalized spacial score (nSPS) is 12.2. The van der Waals surface area contributed by atoms with Crippen LogP contribution in [-0.4, -0.2) is 32.5 Å². The molecule has 0 fully saturated rings. The molecule has 0 spiro atoms. The van der Waals surface area contributed by atoms with Gasteiger partial charge in [0.2, 0.25) is 5.91 Å². The number of aromatic nitrogens is 4. The predicted molar refractivity (Wildman–Crippen MR) is 101 cm³/mol. The fraction of sp³-hybridized carbons (Fsp3) is 0.353. The number of anilines is 1. The van der Waals surface area contributed by atoms with Crippen LogP contribution in [0, 0.1) is 0 Å². The van der Waals surface area contributed by atoms with Gasteiger partial charge in [-0.25, -0.2) is 0 Å². The zero-order valence-electron chi connectivity index (χ0n) is 14.7. The van der Waals surface area contributed by atoms with Crippen LogP contribution >= 0.6 is 12.4 Å². The largest absolute Gasteiger partial charge is 0.324 e. The van der Waals surface area contributed by atoms with Crippen LogP contribution < -0.4 is 10.6 Å². The van der Waals surface area contributed by atoms with E-state index in [4.69, 9.17) is 0 Å². The Morgan fingerprint density at radius 2 is 2.00 bits per heavy atom. The third-order valence-electron chi connectivity index (χ3n) is 3.93. The molecule has 2 N–H and O–H groups in total. The Morgan fingerprint density at radius 1 is 1.24 bits per heavy atom. The molecule has 0 radical (unpaired) electrons. The number of carbonyl (C=O) groups excluding carboxylic acids is 1. The molecule has 0 bridgehead atoms. The van der Waals surface area contributed by atoms with Crippen LogP contribution in [0.25, 0.3) is 10.9 Å². The molecule has 0 saturated carbocycles. The lowest BCUT2D eigenvalue weighted by Gasteiger charge is -2.14. The van der Waals surface area contributed by atoms with Crippen LogP contribution in [-0.2, 0) is 11.8 Å². The van der Waals surface area contributed by atoms with Crippen molar-refractivity contribution in [3.05, 3.63) is 42.4 Å². The van der Waals surface area contributed by atoms with Gasteiger partial charge in [0.1, 0.15) is 6.04 Å². The van der Waals surface area contributed by atoms with Crippen LogP contribution in [0.1, 0.15) is 31.5 Å². The van der Waals surface area contributed by atoms with Crippen molar-refractivity contribution in [2.75, 3.05) is 12.4 Å². The Morgan fingerprint density at radius 3 is 2.60 bits per heavy atom. The number of halogens is 1. The van der Waals surface area contributed by atoms with Gasteiger partial charge < -0.3 is 10.6 Å². The van der Waals surface area contributed by atoms with Crippen LogP contribution in [0.5, 0.6) is 0 Å². The average Bonchev–Trinajstić information content (AvgIpc) is 3.14. The first kappa shape index (κ1) is 19.0. The second-order valence-electron chi connectivity index (χ2n) is 6.13. The number of hydrogen-bond acceptors (Lipinski definition) is 4. The summed E-state index contributed by atoms with van der Waals surface area (Å²) in [5, 5.41) is 15.6. The molecule has 3 rings (SSSR count). The van der Waals surface area contributed by atoms with E-state index in [1.54, 1.807) is 17.9 Å². The standard InChI is InChI=1S/C17H22N6O.ClH/c1-11(2)23-10-12-7-14(5-6-15(12)21-23)20-17(24)16(18-3)13-8-19-22(4)9-13;/h5-11,16,18H,1-4H3,(H,20,24);1H. The Balaban J connectivity index is 0.00000225. The molecule has 3 aromatic rings. The van der Waals surface area contributed by atoms with E-state index in [0.717, 1.165) is 22.2 Å². The Bertz CT molecular complexity index is 869. The van der Waals surface area contributed by atoms with Crippen LogP contribution in [0.4, 0.5) is 5.69 Å². The number of benzene rings is 1. The van der Waals surface area contributed by atoms with Gasteiger partial charge in [-0.3, -0.25) is 14.2 Å². The molecule has 2 heterocycles. The maximum Gasteiger partial charge on any atom is 0.246 e. The van der Waals surface area contributed by atoms with E-state index >= 15 is 0 Å². The maximum absolute atomic E-state index is 12.6. The first-order valence-electron chi connectivity index (χ1n) is 7.93. The molecule has 1 aromatic carbocycles. The van der Waals surface area contributed by atoms with Gasteiger partial charge in [-0.1, -0.05) is 0 Å². The lowest BCUT2D eigenvalue weighted by Crippen LogP contribution is -2.30. The minimum atomic E-state index is -0.451. The maximum atomic E-state index is 12.6. The number of likely N-dealkylation sites (N-methyl/N-ethyl adjacent to an activating group) is 1. The summed E-state index contributed by atoms with van der Waals surface area (Å²) < 4.78 is 3.60. The van der Waals surface area contributed by atoms with Gasteiger partial charge in [-0.15, -0.1) is 12.4 Å². The third-order valence-corrected chi connectivity index (χ3v) is 3.93. The van der Waals surface area contributed by atoms with Crippen molar-refractivity contribution in [3.63, 3.8) is 0 Å². The second-order valence-corrected chi connectivity index (χ2v) is 6.13.